The van der Waals surface area contributed by atoms with Crippen LogP contribution in [-0.2, 0) is 19.6 Å². The van der Waals surface area contributed by atoms with Crippen LogP contribution in [0.4, 0.5) is 13.2 Å². The molecule has 2 aromatic rings. The highest BCUT2D eigenvalue weighted by Gasteiger charge is 2.33. The number of fused-ring (bicyclic) bond motifs is 1. The Morgan fingerprint density at radius 1 is 1.28 bits per heavy atom. The summed E-state index contributed by atoms with van der Waals surface area (Å²) >= 11 is 0. The first kappa shape index (κ1) is 12.7. The van der Waals surface area contributed by atoms with Gasteiger partial charge in [-0.2, -0.15) is 13.2 Å². The van der Waals surface area contributed by atoms with E-state index < -0.39 is 17.3 Å². The SMILES string of the molecule is CCc1cn(C)c(=O)c2c(C(F)(F)F)cccc12. The molecule has 0 bridgehead atoms. The highest BCUT2D eigenvalue weighted by atomic mass is 19.4. The van der Waals surface area contributed by atoms with Gasteiger partial charge >= 0.3 is 6.18 Å². The van der Waals surface area contributed by atoms with Gasteiger partial charge in [-0.3, -0.25) is 4.79 Å². The molecule has 0 atom stereocenters. The Hall–Kier alpha value is -1.78. The number of nitrogens with zero attached hydrogens (tertiary/aromatic N) is 1. The Kier molecular flexibility index (Phi) is 2.92. The normalized spacial score (nSPS) is 12.1. The lowest BCUT2D eigenvalue weighted by atomic mass is 10.0. The molecule has 1 aromatic heterocycles. The fourth-order valence-corrected chi connectivity index (χ4v) is 2.11. The fourth-order valence-electron chi connectivity index (χ4n) is 2.11. The van der Waals surface area contributed by atoms with Gasteiger partial charge in [0, 0.05) is 13.2 Å². The first-order chi connectivity index (χ1) is 8.36. The summed E-state index contributed by atoms with van der Waals surface area (Å²) in [5.41, 5.74) is -0.746. The summed E-state index contributed by atoms with van der Waals surface area (Å²) in [6.45, 7) is 1.85. The zero-order chi connectivity index (χ0) is 13.5. The molecule has 1 aromatic carbocycles. The van der Waals surface area contributed by atoms with Gasteiger partial charge in [0.15, 0.2) is 0 Å². The minimum atomic E-state index is -4.52. The largest absolute Gasteiger partial charge is 0.417 e. The van der Waals surface area contributed by atoms with Gasteiger partial charge in [0.05, 0.1) is 10.9 Å². The van der Waals surface area contributed by atoms with Crippen LogP contribution in [0.2, 0.25) is 0 Å². The number of alkyl halides is 3. The fraction of sp³-hybridized carbons (Fsp3) is 0.308. The van der Waals surface area contributed by atoms with Crippen molar-refractivity contribution in [2.75, 3.05) is 0 Å². The second kappa shape index (κ2) is 4.15. The average molecular weight is 255 g/mol. The van der Waals surface area contributed by atoms with Crippen molar-refractivity contribution in [3.8, 4) is 0 Å². The van der Waals surface area contributed by atoms with Crippen molar-refractivity contribution in [3.63, 3.8) is 0 Å². The van der Waals surface area contributed by atoms with Crippen LogP contribution < -0.4 is 5.56 Å². The van der Waals surface area contributed by atoms with E-state index in [9.17, 15) is 18.0 Å². The number of pyridine rings is 1. The van der Waals surface area contributed by atoms with Crippen LogP contribution in [0.1, 0.15) is 18.1 Å². The van der Waals surface area contributed by atoms with Crippen molar-refractivity contribution in [1.82, 2.24) is 4.57 Å². The average Bonchev–Trinajstić information content (AvgIpc) is 2.31. The van der Waals surface area contributed by atoms with Gasteiger partial charge in [0.2, 0.25) is 0 Å². The maximum Gasteiger partial charge on any atom is 0.417 e. The van der Waals surface area contributed by atoms with E-state index in [2.05, 4.69) is 0 Å². The van der Waals surface area contributed by atoms with Crippen molar-refractivity contribution >= 4 is 10.8 Å². The smallest absolute Gasteiger partial charge is 0.318 e. The lowest BCUT2D eigenvalue weighted by Crippen LogP contribution is -2.21. The third-order valence-corrected chi connectivity index (χ3v) is 2.98. The number of benzene rings is 1. The molecule has 0 aliphatic carbocycles. The minimum Gasteiger partial charge on any atom is -0.318 e. The van der Waals surface area contributed by atoms with Gasteiger partial charge in [-0.15, -0.1) is 0 Å². The second-order valence-electron chi connectivity index (χ2n) is 4.15. The van der Waals surface area contributed by atoms with Gasteiger partial charge in [-0.25, -0.2) is 0 Å². The van der Waals surface area contributed by atoms with Gasteiger partial charge < -0.3 is 4.57 Å². The molecule has 2 nitrogen and oxygen atoms in total. The molecular formula is C13H12F3NO. The molecule has 0 unspecified atom stereocenters. The Morgan fingerprint density at radius 2 is 1.94 bits per heavy atom. The number of hydrogen-bond donors (Lipinski definition) is 0. The summed E-state index contributed by atoms with van der Waals surface area (Å²) in [6, 6.07) is 3.84. The maximum atomic E-state index is 12.9. The summed E-state index contributed by atoms with van der Waals surface area (Å²) in [5.74, 6) is 0. The standard InChI is InChI=1S/C13H12F3NO/c1-3-8-7-17(2)12(18)11-9(8)5-4-6-10(11)13(14,15)16/h4-7H,3H2,1-2H3. The van der Waals surface area contributed by atoms with Gasteiger partial charge in [-0.05, 0) is 23.4 Å². The highest BCUT2D eigenvalue weighted by molar-refractivity contribution is 5.88. The Morgan fingerprint density at radius 3 is 2.50 bits per heavy atom. The predicted octanol–water partition coefficient (Wildman–Crippen LogP) is 3.12. The quantitative estimate of drug-likeness (QED) is 0.767. The van der Waals surface area contributed by atoms with E-state index in [-0.39, 0.29) is 5.39 Å². The molecule has 0 saturated carbocycles. The third kappa shape index (κ3) is 1.89. The molecule has 0 aliphatic rings. The number of aryl methyl sites for hydroxylation is 2. The Bertz CT molecular complexity index is 656. The molecule has 0 spiro atoms. The van der Waals surface area contributed by atoms with Crippen LogP contribution in [0, 0.1) is 0 Å². The van der Waals surface area contributed by atoms with Gasteiger partial charge in [-0.1, -0.05) is 19.1 Å². The van der Waals surface area contributed by atoms with Crippen molar-refractivity contribution in [1.29, 1.82) is 0 Å². The van der Waals surface area contributed by atoms with E-state index in [0.29, 0.717) is 11.8 Å². The van der Waals surface area contributed by atoms with Gasteiger partial charge in [0.25, 0.3) is 5.56 Å². The van der Waals surface area contributed by atoms with E-state index in [1.807, 2.05) is 6.92 Å². The lowest BCUT2D eigenvalue weighted by molar-refractivity contribution is -0.136. The first-order valence-electron chi connectivity index (χ1n) is 5.54. The molecule has 1 heterocycles. The van der Waals surface area contributed by atoms with Crippen LogP contribution in [0.25, 0.3) is 10.8 Å². The molecular weight excluding hydrogens is 243 g/mol. The molecule has 0 aliphatic heterocycles. The summed E-state index contributed by atoms with van der Waals surface area (Å²) in [4.78, 5) is 11.9. The summed E-state index contributed by atoms with van der Waals surface area (Å²) < 4.78 is 40.0. The number of rotatable bonds is 1. The molecule has 18 heavy (non-hydrogen) atoms. The molecule has 2 rings (SSSR count). The predicted molar refractivity (Wildman–Crippen MR) is 63.6 cm³/mol. The van der Waals surface area contributed by atoms with Crippen molar-refractivity contribution < 1.29 is 13.2 Å². The minimum absolute atomic E-state index is 0.244. The Labute approximate surface area is 102 Å². The molecule has 0 amide bonds. The number of hydrogen-bond acceptors (Lipinski definition) is 1. The zero-order valence-corrected chi connectivity index (χ0v) is 10.0. The molecule has 0 fully saturated rings. The number of aromatic nitrogens is 1. The molecule has 5 heteroatoms. The molecule has 0 radical (unpaired) electrons. The summed E-state index contributed by atoms with van der Waals surface area (Å²) in [7, 11) is 1.47. The van der Waals surface area contributed by atoms with E-state index in [0.717, 1.165) is 11.6 Å². The van der Waals surface area contributed by atoms with E-state index in [1.54, 1.807) is 12.3 Å². The number of halogens is 3. The molecule has 96 valence electrons. The topological polar surface area (TPSA) is 22.0 Å². The van der Waals surface area contributed by atoms with E-state index in [4.69, 9.17) is 0 Å². The van der Waals surface area contributed by atoms with Crippen molar-refractivity contribution in [2.24, 2.45) is 7.05 Å². The zero-order valence-electron chi connectivity index (χ0n) is 10.0. The third-order valence-electron chi connectivity index (χ3n) is 2.98. The van der Waals surface area contributed by atoms with Crippen molar-refractivity contribution in [3.05, 3.63) is 45.9 Å². The first-order valence-corrected chi connectivity index (χ1v) is 5.54. The summed E-state index contributed by atoms with van der Waals surface area (Å²) in [6.07, 6.45) is -2.35. The molecule has 0 saturated heterocycles. The van der Waals surface area contributed by atoms with E-state index in [1.165, 1.54) is 17.7 Å². The molecule has 0 N–H and O–H groups in total. The van der Waals surface area contributed by atoms with Gasteiger partial charge in [0.1, 0.15) is 0 Å². The van der Waals surface area contributed by atoms with Crippen LogP contribution in [0.15, 0.2) is 29.2 Å². The van der Waals surface area contributed by atoms with Crippen LogP contribution in [0.5, 0.6) is 0 Å². The van der Waals surface area contributed by atoms with E-state index >= 15 is 0 Å². The van der Waals surface area contributed by atoms with Crippen LogP contribution in [0.3, 0.4) is 0 Å². The Balaban J connectivity index is 3.01. The maximum absolute atomic E-state index is 12.9. The van der Waals surface area contributed by atoms with Crippen molar-refractivity contribution in [2.45, 2.75) is 19.5 Å². The highest BCUT2D eigenvalue weighted by Crippen LogP contribution is 2.34. The lowest BCUT2D eigenvalue weighted by Gasteiger charge is -2.13. The second-order valence-corrected chi connectivity index (χ2v) is 4.15. The van der Waals surface area contributed by atoms with Crippen LogP contribution in [-0.4, -0.2) is 4.57 Å². The van der Waals surface area contributed by atoms with Crippen LogP contribution >= 0.6 is 0 Å². The monoisotopic (exact) mass is 255 g/mol. The summed E-state index contributed by atoms with van der Waals surface area (Å²) in [5, 5.41) is 0.141.